The molecule has 2 N–H and O–H groups in total. The first-order chi connectivity index (χ1) is 13.6. The number of carbonyl (C=O) groups excluding carboxylic acids is 1. The van der Waals surface area contributed by atoms with Gasteiger partial charge in [0.2, 0.25) is 5.95 Å². The molecule has 0 unspecified atom stereocenters. The van der Waals surface area contributed by atoms with Gasteiger partial charge in [0.25, 0.3) is 0 Å². The second-order valence-corrected chi connectivity index (χ2v) is 7.42. The number of rotatable bonds is 4. The number of ketones is 1. The summed E-state index contributed by atoms with van der Waals surface area (Å²) in [6.07, 6.45) is 5.02. The molecule has 2 aromatic carbocycles. The second-order valence-electron chi connectivity index (χ2n) is 6.99. The van der Waals surface area contributed by atoms with Crippen molar-refractivity contribution in [2.24, 2.45) is 5.92 Å². The van der Waals surface area contributed by atoms with Crippen molar-refractivity contribution in [2.75, 3.05) is 23.7 Å². The van der Waals surface area contributed by atoms with E-state index in [0.29, 0.717) is 16.3 Å². The number of hydrogen-bond acceptors (Lipinski definition) is 5. The first-order valence-electron chi connectivity index (χ1n) is 9.33. The third-order valence-corrected chi connectivity index (χ3v) is 5.41. The number of benzene rings is 2. The highest BCUT2D eigenvalue weighted by Crippen LogP contribution is 2.30. The molecule has 2 heterocycles. The summed E-state index contributed by atoms with van der Waals surface area (Å²) in [6.45, 7) is 1.53. The summed E-state index contributed by atoms with van der Waals surface area (Å²) >= 11 is 6.08. The molecule has 0 atom stereocenters. The number of hydrogen-bond donors (Lipinski definition) is 1. The van der Waals surface area contributed by atoms with Gasteiger partial charge in [-0.1, -0.05) is 29.8 Å². The highest BCUT2D eigenvalue weighted by atomic mass is 35.5. The molecule has 1 aliphatic heterocycles. The van der Waals surface area contributed by atoms with Gasteiger partial charge in [0.05, 0.1) is 0 Å². The largest absolute Gasteiger partial charge is 0.398 e. The minimum atomic E-state index is -0.0284. The summed E-state index contributed by atoms with van der Waals surface area (Å²) in [5.41, 5.74) is 9.28. The number of piperidine rings is 1. The Bertz CT molecular complexity index is 985. The number of carbonyl (C=O) groups is 1. The Morgan fingerprint density at radius 3 is 2.39 bits per heavy atom. The molecule has 6 heteroatoms. The van der Waals surface area contributed by atoms with E-state index in [9.17, 15) is 4.79 Å². The zero-order valence-electron chi connectivity index (χ0n) is 15.4. The van der Waals surface area contributed by atoms with E-state index >= 15 is 0 Å². The topological polar surface area (TPSA) is 72.1 Å². The first kappa shape index (κ1) is 18.4. The molecular formula is C22H21ClN4O. The minimum Gasteiger partial charge on any atom is -0.398 e. The van der Waals surface area contributed by atoms with Gasteiger partial charge >= 0.3 is 0 Å². The number of aromatic nitrogens is 2. The first-order valence-corrected chi connectivity index (χ1v) is 9.71. The Morgan fingerprint density at radius 1 is 1.00 bits per heavy atom. The summed E-state index contributed by atoms with van der Waals surface area (Å²) in [6, 6.07) is 15.0. The summed E-state index contributed by atoms with van der Waals surface area (Å²) < 4.78 is 0. The van der Waals surface area contributed by atoms with Crippen molar-refractivity contribution in [2.45, 2.75) is 12.8 Å². The van der Waals surface area contributed by atoms with E-state index in [2.05, 4.69) is 14.9 Å². The summed E-state index contributed by atoms with van der Waals surface area (Å²) in [5, 5.41) is 0.672. The fourth-order valence-electron chi connectivity index (χ4n) is 3.65. The van der Waals surface area contributed by atoms with Crippen LogP contribution in [0.1, 0.15) is 23.2 Å². The van der Waals surface area contributed by atoms with Crippen LogP contribution in [0.3, 0.4) is 0 Å². The SMILES string of the molecule is Nc1cc(-c2cccc(Cl)c2)ccc1C(=O)C1CCN(c2ncccn2)CC1. The summed E-state index contributed by atoms with van der Waals surface area (Å²) in [4.78, 5) is 23.7. The van der Waals surface area contributed by atoms with Crippen LogP contribution in [-0.2, 0) is 0 Å². The van der Waals surface area contributed by atoms with Gasteiger partial charge in [-0.2, -0.15) is 0 Å². The minimum absolute atomic E-state index is 0.0284. The molecule has 28 heavy (non-hydrogen) atoms. The third kappa shape index (κ3) is 3.85. The maximum atomic E-state index is 13.0. The van der Waals surface area contributed by atoms with Gasteiger partial charge in [0.15, 0.2) is 5.78 Å². The molecule has 1 aliphatic rings. The zero-order valence-corrected chi connectivity index (χ0v) is 16.1. The molecule has 0 bridgehead atoms. The quantitative estimate of drug-likeness (QED) is 0.523. The van der Waals surface area contributed by atoms with Crippen LogP contribution in [0.15, 0.2) is 60.9 Å². The predicted octanol–water partition coefficient (Wildman–Crippen LogP) is 4.48. The average molecular weight is 393 g/mol. The van der Waals surface area contributed by atoms with E-state index in [0.717, 1.165) is 43.0 Å². The Kier molecular flexibility index (Phi) is 5.26. The van der Waals surface area contributed by atoms with E-state index in [-0.39, 0.29) is 11.7 Å². The van der Waals surface area contributed by atoms with Crippen LogP contribution < -0.4 is 10.6 Å². The van der Waals surface area contributed by atoms with Gasteiger partial charge in [-0.25, -0.2) is 9.97 Å². The highest BCUT2D eigenvalue weighted by Gasteiger charge is 2.27. The molecule has 0 radical (unpaired) electrons. The van der Waals surface area contributed by atoms with Crippen LogP contribution in [0, 0.1) is 5.92 Å². The van der Waals surface area contributed by atoms with Crippen molar-refractivity contribution in [1.29, 1.82) is 0 Å². The lowest BCUT2D eigenvalue weighted by atomic mass is 9.87. The van der Waals surface area contributed by atoms with Crippen molar-refractivity contribution in [3.63, 3.8) is 0 Å². The molecule has 1 fully saturated rings. The lowest BCUT2D eigenvalue weighted by Crippen LogP contribution is -2.37. The molecule has 142 valence electrons. The average Bonchev–Trinajstić information content (AvgIpc) is 2.74. The Labute approximate surface area is 169 Å². The summed E-state index contributed by atoms with van der Waals surface area (Å²) in [5.74, 6) is 0.807. The molecule has 3 aromatic rings. The van der Waals surface area contributed by atoms with Gasteiger partial charge < -0.3 is 10.6 Å². The number of nitrogen functional groups attached to an aromatic ring is 1. The molecule has 0 saturated carbocycles. The maximum absolute atomic E-state index is 13.0. The van der Waals surface area contributed by atoms with Crippen molar-refractivity contribution in [3.05, 3.63) is 71.5 Å². The molecule has 0 spiro atoms. The van der Waals surface area contributed by atoms with Crippen molar-refractivity contribution in [1.82, 2.24) is 9.97 Å². The number of anilines is 2. The monoisotopic (exact) mass is 392 g/mol. The van der Waals surface area contributed by atoms with E-state index in [1.165, 1.54) is 0 Å². The maximum Gasteiger partial charge on any atom is 0.225 e. The van der Waals surface area contributed by atoms with Crippen LogP contribution >= 0.6 is 11.6 Å². The molecule has 4 rings (SSSR count). The summed E-state index contributed by atoms with van der Waals surface area (Å²) in [7, 11) is 0. The van der Waals surface area contributed by atoms with Crippen molar-refractivity contribution < 1.29 is 4.79 Å². The molecule has 0 amide bonds. The lowest BCUT2D eigenvalue weighted by Gasteiger charge is -2.31. The van der Waals surface area contributed by atoms with Crippen LogP contribution in [0.4, 0.5) is 11.6 Å². The van der Waals surface area contributed by atoms with Crippen LogP contribution in [0.2, 0.25) is 5.02 Å². The number of Topliss-reactive ketones (excluding diaryl/α,β-unsaturated/α-hetero) is 1. The molecule has 1 aromatic heterocycles. The second kappa shape index (κ2) is 7.98. The van der Waals surface area contributed by atoms with Crippen LogP contribution in [0.5, 0.6) is 0 Å². The fraction of sp³-hybridized carbons (Fsp3) is 0.227. The van der Waals surface area contributed by atoms with Gasteiger partial charge in [-0.3, -0.25) is 4.79 Å². The van der Waals surface area contributed by atoms with E-state index in [1.54, 1.807) is 18.5 Å². The van der Waals surface area contributed by atoms with E-state index < -0.39 is 0 Å². The zero-order chi connectivity index (χ0) is 19.5. The molecule has 5 nitrogen and oxygen atoms in total. The predicted molar refractivity (Wildman–Crippen MR) is 113 cm³/mol. The van der Waals surface area contributed by atoms with Crippen molar-refractivity contribution in [3.8, 4) is 11.1 Å². The number of nitrogens with zero attached hydrogens (tertiary/aromatic N) is 3. The van der Waals surface area contributed by atoms with Crippen LogP contribution in [0.25, 0.3) is 11.1 Å². The Hall–Kier alpha value is -2.92. The lowest BCUT2D eigenvalue weighted by molar-refractivity contribution is 0.0901. The van der Waals surface area contributed by atoms with E-state index in [1.807, 2.05) is 42.5 Å². The van der Waals surface area contributed by atoms with Gasteiger partial charge in [0.1, 0.15) is 0 Å². The molecule has 1 saturated heterocycles. The highest BCUT2D eigenvalue weighted by molar-refractivity contribution is 6.30. The fourth-order valence-corrected chi connectivity index (χ4v) is 3.84. The normalized spacial score (nSPS) is 14.8. The van der Waals surface area contributed by atoms with Gasteiger partial charge in [0, 0.05) is 47.7 Å². The number of halogens is 1. The van der Waals surface area contributed by atoms with Gasteiger partial charge in [-0.05, 0) is 54.3 Å². The third-order valence-electron chi connectivity index (χ3n) is 5.18. The van der Waals surface area contributed by atoms with Crippen LogP contribution in [-0.4, -0.2) is 28.8 Å². The number of nitrogens with two attached hydrogens (primary N) is 1. The van der Waals surface area contributed by atoms with Gasteiger partial charge in [-0.15, -0.1) is 0 Å². The Morgan fingerprint density at radius 2 is 1.71 bits per heavy atom. The van der Waals surface area contributed by atoms with Crippen molar-refractivity contribution >= 4 is 29.0 Å². The van der Waals surface area contributed by atoms with E-state index in [4.69, 9.17) is 17.3 Å². The Balaban J connectivity index is 1.47. The molecule has 0 aliphatic carbocycles. The standard InChI is InChI=1S/C22H21ClN4O/c23-18-4-1-3-16(13-18)17-5-6-19(20(24)14-17)21(28)15-7-11-27(12-8-15)22-25-9-2-10-26-22/h1-6,9-10,13-15H,7-8,11-12,24H2. The smallest absolute Gasteiger partial charge is 0.225 e. The molecular weight excluding hydrogens is 372 g/mol.